The van der Waals surface area contributed by atoms with Gasteiger partial charge in [0.2, 0.25) is 0 Å². The van der Waals surface area contributed by atoms with Crippen LogP contribution in [0.3, 0.4) is 0 Å². The van der Waals surface area contributed by atoms with Crippen molar-refractivity contribution in [3.05, 3.63) is 70.4 Å². The lowest BCUT2D eigenvalue weighted by atomic mass is 9.72. The first-order chi connectivity index (χ1) is 12.3. The van der Waals surface area contributed by atoms with Gasteiger partial charge in [0, 0.05) is 33.8 Å². The average molecular weight is 388 g/mol. The summed E-state index contributed by atoms with van der Waals surface area (Å²) < 4.78 is 23.6. The molecule has 136 valence electrons. The van der Waals surface area contributed by atoms with Gasteiger partial charge in [-0.05, 0) is 47.6 Å². The van der Waals surface area contributed by atoms with Gasteiger partial charge in [0.1, 0.15) is 0 Å². The number of sulfone groups is 1. The molecule has 5 heteroatoms. The number of benzene rings is 2. The molecule has 1 unspecified atom stereocenters. The van der Waals surface area contributed by atoms with Crippen molar-refractivity contribution < 1.29 is 8.42 Å². The van der Waals surface area contributed by atoms with Crippen LogP contribution in [0.25, 0.3) is 10.9 Å². The van der Waals surface area contributed by atoms with Crippen molar-refractivity contribution in [3.63, 3.8) is 0 Å². The summed E-state index contributed by atoms with van der Waals surface area (Å²) in [5, 5.41) is 1.84. The van der Waals surface area contributed by atoms with Gasteiger partial charge in [0.25, 0.3) is 0 Å². The molecule has 26 heavy (non-hydrogen) atoms. The standard InChI is InChI=1S/C21H22ClNO2S/c1-21(15-6-7-15,16-8-10-17(22)11-9-16)19-12-23-20-14(13-26(2,24)25)4-3-5-18(19)20/h3-5,8-12,15,23H,6-7,13H2,1-2H3. The second kappa shape index (κ2) is 6.14. The molecule has 1 fully saturated rings. The minimum absolute atomic E-state index is 0.0470. The van der Waals surface area contributed by atoms with E-state index in [4.69, 9.17) is 11.6 Å². The fraction of sp³-hybridized carbons (Fsp3) is 0.333. The van der Waals surface area contributed by atoms with Crippen molar-refractivity contribution in [2.75, 3.05) is 6.26 Å². The van der Waals surface area contributed by atoms with Crippen LogP contribution in [0.15, 0.2) is 48.7 Å². The maximum atomic E-state index is 11.8. The van der Waals surface area contributed by atoms with E-state index in [0.717, 1.165) is 21.5 Å². The fourth-order valence-corrected chi connectivity index (χ4v) is 5.05. The van der Waals surface area contributed by atoms with Crippen LogP contribution in [0.4, 0.5) is 0 Å². The molecule has 1 N–H and O–H groups in total. The Morgan fingerprint density at radius 3 is 2.46 bits per heavy atom. The summed E-state index contributed by atoms with van der Waals surface area (Å²) in [6.07, 6.45) is 5.74. The van der Waals surface area contributed by atoms with Gasteiger partial charge in [0.05, 0.1) is 5.75 Å². The zero-order valence-electron chi connectivity index (χ0n) is 14.9. The molecule has 2 aromatic carbocycles. The van der Waals surface area contributed by atoms with Crippen LogP contribution in [-0.4, -0.2) is 19.7 Å². The van der Waals surface area contributed by atoms with Crippen molar-refractivity contribution in [2.24, 2.45) is 5.92 Å². The Hall–Kier alpha value is -1.78. The Morgan fingerprint density at radius 1 is 1.15 bits per heavy atom. The van der Waals surface area contributed by atoms with Crippen LogP contribution < -0.4 is 0 Å². The lowest BCUT2D eigenvalue weighted by Crippen LogP contribution is -2.26. The van der Waals surface area contributed by atoms with Crippen molar-refractivity contribution in [2.45, 2.75) is 30.9 Å². The van der Waals surface area contributed by atoms with Gasteiger partial charge in [-0.1, -0.05) is 48.9 Å². The van der Waals surface area contributed by atoms with E-state index in [1.807, 2.05) is 24.3 Å². The zero-order valence-corrected chi connectivity index (χ0v) is 16.5. The Bertz CT molecular complexity index is 1070. The van der Waals surface area contributed by atoms with E-state index in [1.54, 1.807) is 0 Å². The molecule has 0 saturated heterocycles. The number of aromatic amines is 1. The van der Waals surface area contributed by atoms with E-state index in [-0.39, 0.29) is 11.2 Å². The number of para-hydroxylation sites is 1. The summed E-state index contributed by atoms with van der Waals surface area (Å²) in [6.45, 7) is 2.29. The predicted molar refractivity (Wildman–Crippen MR) is 107 cm³/mol. The van der Waals surface area contributed by atoms with Crippen molar-refractivity contribution in [1.82, 2.24) is 4.98 Å². The molecule has 1 aliphatic rings. The molecule has 1 heterocycles. The molecule has 4 rings (SSSR count). The number of hydrogen-bond acceptors (Lipinski definition) is 2. The number of halogens is 1. The molecule has 0 bridgehead atoms. The third-order valence-corrected chi connectivity index (χ3v) is 6.70. The number of nitrogens with one attached hydrogen (secondary N) is 1. The molecular weight excluding hydrogens is 366 g/mol. The highest BCUT2D eigenvalue weighted by Gasteiger charge is 2.45. The molecule has 1 saturated carbocycles. The van der Waals surface area contributed by atoms with Gasteiger partial charge in [-0.3, -0.25) is 0 Å². The average Bonchev–Trinajstić information content (AvgIpc) is 3.33. The van der Waals surface area contributed by atoms with E-state index in [2.05, 4.69) is 36.3 Å². The first kappa shape index (κ1) is 17.6. The molecule has 1 aromatic heterocycles. The molecule has 0 spiro atoms. The lowest BCUT2D eigenvalue weighted by molar-refractivity contribution is 0.499. The van der Waals surface area contributed by atoms with Gasteiger partial charge in [0.15, 0.2) is 9.84 Å². The van der Waals surface area contributed by atoms with Gasteiger partial charge in [-0.15, -0.1) is 0 Å². The van der Waals surface area contributed by atoms with Gasteiger partial charge < -0.3 is 4.98 Å². The van der Waals surface area contributed by atoms with Crippen LogP contribution in [0.2, 0.25) is 5.02 Å². The maximum Gasteiger partial charge on any atom is 0.151 e. The number of aromatic nitrogens is 1. The van der Waals surface area contributed by atoms with Crippen LogP contribution in [0.5, 0.6) is 0 Å². The van der Waals surface area contributed by atoms with Gasteiger partial charge >= 0.3 is 0 Å². The lowest BCUT2D eigenvalue weighted by Gasteiger charge is -2.31. The Kier molecular flexibility index (Phi) is 4.16. The first-order valence-electron chi connectivity index (χ1n) is 8.82. The van der Waals surface area contributed by atoms with E-state index in [0.29, 0.717) is 5.92 Å². The third-order valence-electron chi connectivity index (χ3n) is 5.62. The molecule has 0 amide bonds. The summed E-state index contributed by atoms with van der Waals surface area (Å²) in [5.41, 5.74) is 4.11. The topological polar surface area (TPSA) is 49.9 Å². The van der Waals surface area contributed by atoms with Gasteiger partial charge in [-0.25, -0.2) is 8.42 Å². The zero-order chi connectivity index (χ0) is 18.5. The highest BCUT2D eigenvalue weighted by Crippen LogP contribution is 2.53. The van der Waals surface area contributed by atoms with E-state index >= 15 is 0 Å². The molecule has 1 aliphatic carbocycles. The smallest absolute Gasteiger partial charge is 0.151 e. The molecule has 0 aliphatic heterocycles. The normalized spacial score (nSPS) is 17.3. The Morgan fingerprint density at radius 2 is 1.85 bits per heavy atom. The monoisotopic (exact) mass is 387 g/mol. The Balaban J connectivity index is 1.89. The molecule has 3 nitrogen and oxygen atoms in total. The first-order valence-corrected chi connectivity index (χ1v) is 11.3. The number of H-pyrrole nitrogens is 1. The minimum Gasteiger partial charge on any atom is -0.361 e. The van der Waals surface area contributed by atoms with Gasteiger partial charge in [-0.2, -0.15) is 0 Å². The molecule has 1 atom stereocenters. The van der Waals surface area contributed by atoms with Crippen LogP contribution in [0, 0.1) is 5.92 Å². The highest BCUT2D eigenvalue weighted by molar-refractivity contribution is 7.89. The fourth-order valence-electron chi connectivity index (χ4n) is 4.12. The molecular formula is C21H22ClNO2S. The number of hydrogen-bond donors (Lipinski definition) is 1. The SMILES string of the molecule is CC(c1ccc(Cl)cc1)(c1c[nH]c2c(CS(C)(=O)=O)cccc12)C1CC1. The number of rotatable bonds is 5. The summed E-state index contributed by atoms with van der Waals surface area (Å²) in [5.74, 6) is 0.631. The number of fused-ring (bicyclic) bond motifs is 1. The van der Waals surface area contributed by atoms with E-state index < -0.39 is 9.84 Å². The minimum atomic E-state index is -3.09. The molecule has 0 radical (unpaired) electrons. The Labute approximate surface area is 159 Å². The predicted octanol–water partition coefficient (Wildman–Crippen LogP) is 5.08. The second-order valence-electron chi connectivity index (χ2n) is 7.60. The maximum absolute atomic E-state index is 11.8. The van der Waals surface area contributed by atoms with Crippen LogP contribution in [-0.2, 0) is 21.0 Å². The second-order valence-corrected chi connectivity index (χ2v) is 10.2. The highest BCUT2D eigenvalue weighted by atomic mass is 35.5. The third kappa shape index (κ3) is 3.06. The van der Waals surface area contributed by atoms with E-state index in [1.165, 1.54) is 30.2 Å². The van der Waals surface area contributed by atoms with E-state index in [9.17, 15) is 8.42 Å². The summed E-state index contributed by atoms with van der Waals surface area (Å²) in [6, 6.07) is 14.0. The largest absolute Gasteiger partial charge is 0.361 e. The van der Waals surface area contributed by atoms with Crippen molar-refractivity contribution >= 4 is 32.3 Å². The molecule has 3 aromatic rings. The van der Waals surface area contributed by atoms with Crippen LogP contribution >= 0.6 is 11.6 Å². The van der Waals surface area contributed by atoms with Crippen LogP contribution in [0.1, 0.15) is 36.5 Å². The quantitative estimate of drug-likeness (QED) is 0.663. The summed E-state index contributed by atoms with van der Waals surface area (Å²) >= 11 is 6.10. The van der Waals surface area contributed by atoms with Crippen molar-refractivity contribution in [3.8, 4) is 0 Å². The van der Waals surface area contributed by atoms with Crippen molar-refractivity contribution in [1.29, 1.82) is 0 Å². The summed E-state index contributed by atoms with van der Waals surface area (Å²) in [4.78, 5) is 3.36. The summed E-state index contributed by atoms with van der Waals surface area (Å²) in [7, 11) is -3.09.